The highest BCUT2D eigenvalue weighted by Crippen LogP contribution is 2.18. The number of hydrogen-bond donors (Lipinski definition) is 1. The normalized spacial score (nSPS) is 14.3. The maximum Gasteiger partial charge on any atom is 0.255 e. The van der Waals surface area contributed by atoms with Gasteiger partial charge in [-0.25, -0.2) is 15.0 Å². The van der Waals surface area contributed by atoms with Gasteiger partial charge >= 0.3 is 0 Å². The average Bonchev–Trinajstić information content (AvgIpc) is 2.64. The van der Waals surface area contributed by atoms with E-state index >= 15 is 0 Å². The molecule has 4 heterocycles. The highest BCUT2D eigenvalue weighted by Gasteiger charge is 2.22. The van der Waals surface area contributed by atoms with Gasteiger partial charge in [-0.05, 0) is 0 Å². The molecule has 0 radical (unpaired) electrons. The molecule has 8 heteroatoms. The second kappa shape index (κ2) is 6.25. The van der Waals surface area contributed by atoms with Crippen molar-refractivity contribution in [1.82, 2.24) is 34.8 Å². The van der Waals surface area contributed by atoms with Crippen molar-refractivity contribution in [3.05, 3.63) is 64.6 Å². The molecule has 1 aliphatic heterocycles. The van der Waals surface area contributed by atoms with Gasteiger partial charge in [-0.2, -0.15) is 0 Å². The van der Waals surface area contributed by atoms with Crippen LogP contribution in [0, 0.1) is 0 Å². The zero-order valence-corrected chi connectivity index (χ0v) is 12.9. The summed E-state index contributed by atoms with van der Waals surface area (Å²) in [6, 6.07) is 0. The van der Waals surface area contributed by atoms with Gasteiger partial charge in [0.05, 0.1) is 22.5 Å². The lowest BCUT2D eigenvalue weighted by atomic mass is 10.1. The van der Waals surface area contributed by atoms with Crippen LogP contribution >= 0.6 is 0 Å². The molecule has 0 aliphatic carbocycles. The fourth-order valence-corrected chi connectivity index (χ4v) is 2.81. The Morgan fingerprint density at radius 3 is 2.79 bits per heavy atom. The summed E-state index contributed by atoms with van der Waals surface area (Å²) in [5.41, 5.74) is 3.05. The van der Waals surface area contributed by atoms with Crippen molar-refractivity contribution in [3.63, 3.8) is 0 Å². The fourth-order valence-electron chi connectivity index (χ4n) is 2.81. The predicted molar refractivity (Wildman–Crippen MR) is 85.7 cm³/mol. The minimum Gasteiger partial charge on any atom is -0.306 e. The summed E-state index contributed by atoms with van der Waals surface area (Å²) in [6.07, 6.45) is 10.5. The van der Waals surface area contributed by atoms with E-state index in [2.05, 4.69) is 34.8 Å². The molecule has 3 aromatic heterocycles. The fraction of sp³-hybridized carbons (Fsp3) is 0.250. The Bertz CT molecular complexity index is 895. The SMILES string of the molecule is O=c1[nH]c(-c2cncnc2)nc2c1CN(Cc1cnccn1)CC2. The molecular weight excluding hydrogens is 306 g/mol. The molecule has 8 nitrogen and oxygen atoms in total. The highest BCUT2D eigenvalue weighted by molar-refractivity contribution is 5.52. The largest absolute Gasteiger partial charge is 0.306 e. The Morgan fingerprint density at radius 1 is 1.12 bits per heavy atom. The van der Waals surface area contributed by atoms with Crippen molar-refractivity contribution in [2.45, 2.75) is 19.5 Å². The zero-order valence-electron chi connectivity index (χ0n) is 12.9. The van der Waals surface area contributed by atoms with Gasteiger partial charge in [0.1, 0.15) is 12.2 Å². The van der Waals surface area contributed by atoms with Crippen LogP contribution in [0.4, 0.5) is 0 Å². The molecule has 0 unspecified atom stereocenters. The summed E-state index contributed by atoms with van der Waals surface area (Å²) in [5.74, 6) is 0.515. The molecular formula is C16H15N7O. The van der Waals surface area contributed by atoms with Gasteiger partial charge < -0.3 is 4.98 Å². The molecule has 0 bridgehead atoms. The van der Waals surface area contributed by atoms with E-state index in [1.807, 2.05) is 0 Å². The van der Waals surface area contributed by atoms with Crippen molar-refractivity contribution >= 4 is 0 Å². The van der Waals surface area contributed by atoms with E-state index in [0.717, 1.165) is 24.4 Å². The second-order valence-corrected chi connectivity index (χ2v) is 5.62. The molecule has 3 aromatic rings. The summed E-state index contributed by atoms with van der Waals surface area (Å²) < 4.78 is 0. The topological polar surface area (TPSA) is 101 Å². The highest BCUT2D eigenvalue weighted by atomic mass is 16.1. The van der Waals surface area contributed by atoms with Crippen LogP contribution in [0.15, 0.2) is 42.1 Å². The van der Waals surface area contributed by atoms with E-state index < -0.39 is 0 Å². The van der Waals surface area contributed by atoms with Gasteiger partial charge in [-0.15, -0.1) is 0 Å². The summed E-state index contributed by atoms with van der Waals surface area (Å²) in [4.78, 5) is 38.4. The van der Waals surface area contributed by atoms with E-state index in [-0.39, 0.29) is 5.56 Å². The molecule has 1 aliphatic rings. The minimum atomic E-state index is -0.109. The lowest BCUT2D eigenvalue weighted by molar-refractivity contribution is 0.238. The van der Waals surface area contributed by atoms with E-state index in [1.54, 1.807) is 31.0 Å². The standard InChI is InChI=1S/C16H15N7O/c24-16-13-9-23(8-12-7-17-2-3-20-12)4-1-14(13)21-15(22-16)11-5-18-10-19-6-11/h2-3,5-7,10H,1,4,8-9H2,(H,21,22,24). The van der Waals surface area contributed by atoms with Gasteiger partial charge in [0.2, 0.25) is 0 Å². The van der Waals surface area contributed by atoms with Crippen LogP contribution in [0.2, 0.25) is 0 Å². The molecule has 0 saturated carbocycles. The summed E-state index contributed by atoms with van der Waals surface area (Å²) in [7, 11) is 0. The Morgan fingerprint density at radius 2 is 2.00 bits per heavy atom. The average molecular weight is 321 g/mol. The predicted octanol–water partition coefficient (Wildman–Crippen LogP) is 0.575. The molecule has 0 atom stereocenters. The first-order chi connectivity index (χ1) is 11.8. The summed E-state index contributed by atoms with van der Waals surface area (Å²) in [5, 5.41) is 0. The summed E-state index contributed by atoms with van der Waals surface area (Å²) >= 11 is 0. The molecule has 0 fully saturated rings. The third-order valence-corrected chi connectivity index (χ3v) is 3.98. The lowest BCUT2D eigenvalue weighted by Crippen LogP contribution is -2.35. The van der Waals surface area contributed by atoms with Gasteiger partial charge in [0.25, 0.3) is 5.56 Å². The van der Waals surface area contributed by atoms with Gasteiger partial charge in [-0.1, -0.05) is 0 Å². The number of aromatic nitrogens is 6. The Balaban J connectivity index is 1.60. The Hall–Kier alpha value is -3.00. The van der Waals surface area contributed by atoms with Crippen LogP contribution < -0.4 is 5.56 Å². The molecule has 0 spiro atoms. The first-order valence-electron chi connectivity index (χ1n) is 7.64. The van der Waals surface area contributed by atoms with Crippen molar-refractivity contribution in [1.29, 1.82) is 0 Å². The van der Waals surface area contributed by atoms with Crippen molar-refractivity contribution < 1.29 is 0 Å². The number of hydrogen-bond acceptors (Lipinski definition) is 7. The van der Waals surface area contributed by atoms with Crippen LogP contribution in [0.5, 0.6) is 0 Å². The van der Waals surface area contributed by atoms with E-state index in [0.29, 0.717) is 30.0 Å². The number of nitrogens with one attached hydrogen (secondary N) is 1. The van der Waals surface area contributed by atoms with Crippen molar-refractivity contribution in [2.75, 3.05) is 6.54 Å². The molecule has 120 valence electrons. The number of H-pyrrole nitrogens is 1. The van der Waals surface area contributed by atoms with E-state index in [4.69, 9.17) is 0 Å². The number of aromatic amines is 1. The quantitative estimate of drug-likeness (QED) is 0.753. The van der Waals surface area contributed by atoms with E-state index in [9.17, 15) is 4.79 Å². The third-order valence-electron chi connectivity index (χ3n) is 3.98. The van der Waals surface area contributed by atoms with Gasteiger partial charge in [0.15, 0.2) is 0 Å². The van der Waals surface area contributed by atoms with Crippen molar-refractivity contribution in [3.8, 4) is 11.4 Å². The first-order valence-corrected chi connectivity index (χ1v) is 7.64. The van der Waals surface area contributed by atoms with Crippen LogP contribution in [0.1, 0.15) is 17.0 Å². The molecule has 0 amide bonds. The maximum atomic E-state index is 12.5. The molecule has 0 aromatic carbocycles. The van der Waals surface area contributed by atoms with Crippen LogP contribution in [0.25, 0.3) is 11.4 Å². The van der Waals surface area contributed by atoms with Crippen molar-refractivity contribution in [2.24, 2.45) is 0 Å². The minimum absolute atomic E-state index is 0.109. The first kappa shape index (κ1) is 14.6. The lowest BCUT2D eigenvalue weighted by Gasteiger charge is -2.27. The second-order valence-electron chi connectivity index (χ2n) is 5.62. The van der Waals surface area contributed by atoms with Gasteiger partial charge in [-0.3, -0.25) is 19.7 Å². The van der Waals surface area contributed by atoms with Crippen LogP contribution in [-0.2, 0) is 19.5 Å². The molecule has 1 N–H and O–H groups in total. The van der Waals surface area contributed by atoms with Gasteiger partial charge in [0, 0.05) is 57.0 Å². The molecule has 0 saturated heterocycles. The monoisotopic (exact) mass is 321 g/mol. The number of nitrogens with zero attached hydrogens (tertiary/aromatic N) is 6. The smallest absolute Gasteiger partial charge is 0.255 e. The zero-order chi connectivity index (χ0) is 16.4. The number of fused-ring (bicyclic) bond motifs is 1. The molecule has 24 heavy (non-hydrogen) atoms. The maximum absolute atomic E-state index is 12.5. The Labute approximate surface area is 137 Å². The van der Waals surface area contributed by atoms with Crippen LogP contribution in [0.3, 0.4) is 0 Å². The van der Waals surface area contributed by atoms with Crippen LogP contribution in [-0.4, -0.2) is 41.3 Å². The third kappa shape index (κ3) is 2.91. The Kier molecular flexibility index (Phi) is 3.80. The van der Waals surface area contributed by atoms with E-state index in [1.165, 1.54) is 6.33 Å². The number of rotatable bonds is 3. The molecule has 4 rings (SSSR count). The summed E-state index contributed by atoms with van der Waals surface area (Å²) in [6.45, 7) is 2.05.